The fraction of sp³-hybridized carbons (Fsp3) is 0.185. The summed E-state index contributed by atoms with van der Waals surface area (Å²) in [4.78, 5) is 56.0. The number of nitrogens with one attached hydrogen (secondary N) is 1. The summed E-state index contributed by atoms with van der Waals surface area (Å²) in [5.41, 5.74) is 1.83. The summed E-state index contributed by atoms with van der Waals surface area (Å²) in [5.74, 6) is -2.38. The topological polar surface area (TPSA) is 149 Å². The van der Waals surface area contributed by atoms with Crippen LogP contribution in [0.4, 0.5) is 11.4 Å². The number of imide groups is 1. The molecule has 2 aromatic carbocycles. The number of anilines is 2. The van der Waals surface area contributed by atoms with Crippen molar-refractivity contribution in [3.05, 3.63) is 91.0 Å². The van der Waals surface area contributed by atoms with E-state index in [1.165, 1.54) is 45.1 Å². The molecule has 2 unspecified atom stereocenters. The van der Waals surface area contributed by atoms with Gasteiger partial charge < -0.3 is 5.32 Å². The fourth-order valence-corrected chi connectivity index (χ4v) is 9.29. The number of carbonyl (C=O) groups excluding carboxylic acids is 3. The molecule has 41 heavy (non-hydrogen) atoms. The number of rotatable bonds is 6. The number of primary sulfonamides is 1. The lowest BCUT2D eigenvalue weighted by molar-refractivity contribution is -0.122. The van der Waals surface area contributed by atoms with E-state index in [9.17, 15) is 27.6 Å². The third-order valence-corrected chi connectivity index (χ3v) is 11.4. The highest BCUT2D eigenvalue weighted by Crippen LogP contribution is 2.54. The van der Waals surface area contributed by atoms with E-state index in [1.807, 2.05) is 36.6 Å². The van der Waals surface area contributed by atoms with E-state index in [-0.39, 0.29) is 28.1 Å². The van der Waals surface area contributed by atoms with Crippen molar-refractivity contribution in [3.63, 3.8) is 0 Å². The average molecular weight is 627 g/mol. The maximum absolute atomic E-state index is 13.8. The number of thiazole rings is 1. The Morgan fingerprint density at radius 2 is 1.71 bits per heavy atom. The number of carbonyl (C=O) groups is 3. The van der Waals surface area contributed by atoms with Crippen LogP contribution >= 0.6 is 34.4 Å². The molecule has 3 amide bonds. The van der Waals surface area contributed by atoms with Crippen molar-refractivity contribution in [1.29, 1.82) is 0 Å². The quantitative estimate of drug-likeness (QED) is 0.312. The van der Waals surface area contributed by atoms with Crippen LogP contribution in [0.5, 0.6) is 0 Å². The zero-order valence-electron chi connectivity index (χ0n) is 21.3. The number of thioether (sulfide) groups is 1. The number of hydrogen-bond donors (Lipinski definition) is 2. The summed E-state index contributed by atoms with van der Waals surface area (Å²) < 4.78 is 24.3. The van der Waals surface area contributed by atoms with Gasteiger partial charge in [0, 0.05) is 21.4 Å². The summed E-state index contributed by atoms with van der Waals surface area (Å²) >= 11 is 3.58. The van der Waals surface area contributed by atoms with Gasteiger partial charge in [0.1, 0.15) is 11.8 Å². The predicted octanol–water partition coefficient (Wildman–Crippen LogP) is 3.36. The van der Waals surface area contributed by atoms with Crippen LogP contribution in [0, 0.1) is 12.8 Å². The minimum Gasteiger partial charge on any atom is -0.325 e. The van der Waals surface area contributed by atoms with Gasteiger partial charge in [0.15, 0.2) is 0 Å². The molecular weight excluding hydrogens is 605 g/mol. The van der Waals surface area contributed by atoms with E-state index < -0.39 is 33.0 Å². The third-order valence-electron chi connectivity index (χ3n) is 6.96. The Labute approximate surface area is 246 Å². The first-order valence-corrected chi connectivity index (χ1v) is 16.5. The Bertz CT molecular complexity index is 1840. The first-order valence-electron chi connectivity index (χ1n) is 12.3. The van der Waals surface area contributed by atoms with Crippen molar-refractivity contribution < 1.29 is 22.8 Å². The van der Waals surface area contributed by atoms with Crippen LogP contribution in [0.25, 0.3) is 0 Å². The van der Waals surface area contributed by atoms with Crippen molar-refractivity contribution in [3.8, 4) is 0 Å². The lowest BCUT2D eigenvalue weighted by Crippen LogP contribution is -2.32. The molecule has 3 N–H and O–H groups in total. The van der Waals surface area contributed by atoms with Crippen molar-refractivity contribution in [2.75, 3.05) is 10.2 Å². The molecule has 3 atom stereocenters. The molecule has 2 aliphatic heterocycles. The smallest absolute Gasteiger partial charge is 0.308 e. The second-order valence-corrected chi connectivity index (χ2v) is 14.3. The molecule has 4 heterocycles. The van der Waals surface area contributed by atoms with E-state index >= 15 is 0 Å². The molecule has 0 spiro atoms. The number of fused-ring (bicyclic) bond motifs is 2. The van der Waals surface area contributed by atoms with Crippen molar-refractivity contribution >= 4 is 73.6 Å². The maximum Gasteiger partial charge on any atom is 0.308 e. The lowest BCUT2D eigenvalue weighted by atomic mass is 9.87. The molecule has 0 saturated carbocycles. The van der Waals surface area contributed by atoms with Gasteiger partial charge in [-0.05, 0) is 54.8 Å². The number of aromatic nitrogens is 1. The highest BCUT2D eigenvalue weighted by molar-refractivity contribution is 8.00. The standard InChI is InChI=1S/C27H22N4O6S4/c1-14-4-8-16(9-5-14)31-24(33)21-20(18-3-2-12-38-18)23-26(39-22(21)25(31)34)30(27(35)40-23)13-19(32)29-15-6-10-17(11-7-15)41(28,36)37/h2-12,20-22H,13H2,1H3,(H,29,32)(H2,28,36,37)/t20-,21?,22?/m0/s1. The van der Waals surface area contributed by atoms with Gasteiger partial charge in [-0.15, -0.1) is 11.3 Å². The SMILES string of the molecule is Cc1ccc(N2C(=O)C3Sc4c(sc(=O)n4CC(=O)Nc4ccc(S(N)(=O)=O)cc4)[C@@H](c4cccs4)C3C2=O)cc1. The van der Waals surface area contributed by atoms with E-state index in [4.69, 9.17) is 5.14 Å². The molecule has 1 fully saturated rings. The van der Waals surface area contributed by atoms with Gasteiger partial charge >= 0.3 is 4.87 Å². The predicted molar refractivity (Wildman–Crippen MR) is 158 cm³/mol. The molecule has 4 aromatic rings. The number of hydrogen-bond acceptors (Lipinski definition) is 9. The van der Waals surface area contributed by atoms with Gasteiger partial charge in [-0.25, -0.2) is 18.5 Å². The fourth-order valence-electron chi connectivity index (χ4n) is 5.05. The highest BCUT2D eigenvalue weighted by atomic mass is 32.2. The second kappa shape index (κ2) is 10.4. The van der Waals surface area contributed by atoms with Crippen LogP contribution in [0.15, 0.2) is 80.8 Å². The Morgan fingerprint density at radius 1 is 1.00 bits per heavy atom. The van der Waals surface area contributed by atoms with Crippen LogP contribution < -0.4 is 20.2 Å². The lowest BCUT2D eigenvalue weighted by Gasteiger charge is -2.29. The minimum absolute atomic E-state index is 0.0975. The van der Waals surface area contributed by atoms with Crippen LogP contribution in [-0.4, -0.2) is 36.0 Å². The van der Waals surface area contributed by atoms with Gasteiger partial charge in [-0.3, -0.25) is 23.7 Å². The highest BCUT2D eigenvalue weighted by Gasteiger charge is 2.57. The Kier molecular flexibility index (Phi) is 6.98. The number of nitrogens with zero attached hydrogens (tertiary/aromatic N) is 2. The average Bonchev–Trinajstić information content (AvgIpc) is 3.62. The largest absolute Gasteiger partial charge is 0.325 e. The third kappa shape index (κ3) is 4.95. The van der Waals surface area contributed by atoms with Crippen LogP contribution in [-0.2, 0) is 31.0 Å². The summed E-state index contributed by atoms with van der Waals surface area (Å²) in [7, 11) is -3.88. The Balaban J connectivity index is 1.33. The van der Waals surface area contributed by atoms with Gasteiger partial charge in [0.2, 0.25) is 27.7 Å². The van der Waals surface area contributed by atoms with Gasteiger partial charge in [0.05, 0.1) is 21.5 Å². The van der Waals surface area contributed by atoms with Crippen molar-refractivity contribution in [1.82, 2.24) is 4.57 Å². The Hall–Kier alpha value is -3.56. The van der Waals surface area contributed by atoms with Crippen LogP contribution in [0.1, 0.15) is 21.2 Å². The van der Waals surface area contributed by atoms with Crippen molar-refractivity contribution in [2.24, 2.45) is 11.1 Å². The number of sulfonamides is 1. The normalized spacial score (nSPS) is 20.1. The zero-order valence-corrected chi connectivity index (χ0v) is 24.6. The minimum atomic E-state index is -3.88. The van der Waals surface area contributed by atoms with E-state index in [2.05, 4.69) is 5.32 Å². The van der Waals surface area contributed by atoms with E-state index in [0.29, 0.717) is 21.3 Å². The van der Waals surface area contributed by atoms with Crippen LogP contribution in [0.2, 0.25) is 0 Å². The van der Waals surface area contributed by atoms with E-state index in [1.54, 1.807) is 12.1 Å². The van der Waals surface area contributed by atoms with Crippen molar-refractivity contribution in [2.45, 2.75) is 34.6 Å². The second-order valence-electron chi connectivity index (χ2n) is 9.65. The number of benzene rings is 2. The molecule has 0 aliphatic carbocycles. The molecular formula is C27H22N4O6S4. The molecule has 10 nitrogen and oxygen atoms in total. The van der Waals surface area contributed by atoms with Gasteiger partial charge in [-0.2, -0.15) is 0 Å². The number of aryl methyl sites for hydroxylation is 1. The molecule has 0 radical (unpaired) electrons. The summed E-state index contributed by atoms with van der Waals surface area (Å²) in [6.45, 7) is 1.60. The molecule has 2 aliphatic rings. The molecule has 1 saturated heterocycles. The summed E-state index contributed by atoms with van der Waals surface area (Å²) in [6.07, 6.45) is 0. The number of nitrogens with two attached hydrogens (primary N) is 1. The van der Waals surface area contributed by atoms with Crippen LogP contribution in [0.3, 0.4) is 0 Å². The zero-order chi connectivity index (χ0) is 29.1. The van der Waals surface area contributed by atoms with E-state index in [0.717, 1.165) is 33.5 Å². The monoisotopic (exact) mass is 626 g/mol. The molecule has 2 aromatic heterocycles. The molecule has 6 rings (SSSR count). The number of amides is 3. The van der Waals surface area contributed by atoms with Gasteiger partial charge in [-0.1, -0.05) is 46.9 Å². The first kappa shape index (κ1) is 27.6. The first-order chi connectivity index (χ1) is 19.5. The maximum atomic E-state index is 13.8. The Morgan fingerprint density at radius 3 is 2.34 bits per heavy atom. The molecule has 210 valence electrons. The summed E-state index contributed by atoms with van der Waals surface area (Å²) in [6, 6.07) is 16.3. The summed E-state index contributed by atoms with van der Waals surface area (Å²) in [5, 5.41) is 9.40. The molecule has 14 heteroatoms. The van der Waals surface area contributed by atoms with Gasteiger partial charge in [0.25, 0.3) is 0 Å². The number of thiophene rings is 1. The molecule has 0 bridgehead atoms.